The number of nitrogens with zero attached hydrogens (tertiary/aromatic N) is 2. The fourth-order valence-corrected chi connectivity index (χ4v) is 2.36. The zero-order valence-electron chi connectivity index (χ0n) is 13.9. The molecule has 1 amide bonds. The van der Waals surface area contributed by atoms with E-state index in [-0.39, 0.29) is 25.8 Å². The summed E-state index contributed by atoms with van der Waals surface area (Å²) in [5, 5.41) is -0.204. The third kappa shape index (κ3) is 4.34. The average molecular weight is 420 g/mol. The number of carbonyl (C=O) groups is 1. The Morgan fingerprint density at radius 3 is 2.50 bits per heavy atom. The van der Waals surface area contributed by atoms with E-state index in [4.69, 9.17) is 17.3 Å². The number of alkyl halides is 3. The Morgan fingerprint density at radius 2 is 1.93 bits per heavy atom. The fourth-order valence-electron chi connectivity index (χ4n) is 2.16. The molecule has 0 aliphatic heterocycles. The van der Waals surface area contributed by atoms with Crippen LogP contribution in [0.5, 0.6) is 0 Å². The van der Waals surface area contributed by atoms with E-state index in [9.17, 15) is 31.9 Å². The maximum atomic E-state index is 14.3. The molecular weight excluding hydrogens is 410 g/mol. The van der Waals surface area contributed by atoms with Crippen molar-refractivity contribution in [1.29, 1.82) is 0 Å². The van der Waals surface area contributed by atoms with E-state index >= 15 is 0 Å². The predicted molar refractivity (Wildman–Crippen MR) is 89.7 cm³/mol. The number of rotatable bonds is 2. The van der Waals surface area contributed by atoms with Gasteiger partial charge in [-0.1, -0.05) is 23.4 Å². The largest absolute Gasteiger partial charge is 0.437 e. The molecule has 0 unspecified atom stereocenters. The number of nitrogens with two attached hydrogens (primary N) is 1. The summed E-state index contributed by atoms with van der Waals surface area (Å²) in [6, 6.07) is 1.81. The molecule has 0 saturated heterocycles. The van der Waals surface area contributed by atoms with Gasteiger partial charge in [0.25, 0.3) is 5.56 Å². The highest BCUT2D eigenvalue weighted by molar-refractivity contribution is 6.31. The van der Waals surface area contributed by atoms with Gasteiger partial charge in [-0.2, -0.15) is 13.2 Å². The molecular formula is C16H10ClF4N3O4. The van der Waals surface area contributed by atoms with Crippen molar-refractivity contribution in [2.45, 2.75) is 6.18 Å². The highest BCUT2D eigenvalue weighted by Gasteiger charge is 2.35. The van der Waals surface area contributed by atoms with Crippen molar-refractivity contribution < 1.29 is 27.1 Å². The number of halogens is 5. The van der Waals surface area contributed by atoms with Gasteiger partial charge in [0.15, 0.2) is 6.61 Å². The summed E-state index contributed by atoms with van der Waals surface area (Å²) in [4.78, 5) is 34.8. The first-order valence-electron chi connectivity index (χ1n) is 7.24. The lowest BCUT2D eigenvalue weighted by atomic mass is 10.2. The van der Waals surface area contributed by atoms with Crippen LogP contribution in [-0.4, -0.2) is 21.8 Å². The summed E-state index contributed by atoms with van der Waals surface area (Å²) in [6.07, 6.45) is -6.04. The quantitative estimate of drug-likeness (QED) is 0.593. The second-order valence-corrected chi connectivity index (χ2v) is 5.64. The number of hydrogen-bond acceptors (Lipinski definition) is 4. The number of primary amides is 1. The lowest BCUT2D eigenvalue weighted by Crippen LogP contribution is -2.41. The van der Waals surface area contributed by atoms with E-state index in [1.807, 2.05) is 0 Å². The molecule has 0 aliphatic carbocycles. The second-order valence-electron chi connectivity index (χ2n) is 5.24. The van der Waals surface area contributed by atoms with E-state index in [2.05, 4.69) is 16.6 Å². The summed E-state index contributed by atoms with van der Waals surface area (Å²) in [5.41, 5.74) is -0.271. The molecule has 0 fully saturated rings. The van der Waals surface area contributed by atoms with Crippen LogP contribution in [0.15, 0.2) is 27.8 Å². The Bertz CT molecular complexity index is 1130. The molecule has 0 radical (unpaired) electrons. The Kier molecular flexibility index (Phi) is 5.84. The monoisotopic (exact) mass is 419 g/mol. The SMILES string of the molecule is Cn1c(C(F)(F)F)cc(=O)n(-c2cc(C#CCOC(N)=O)c(Cl)cc2F)c1=O. The molecule has 2 N–H and O–H groups in total. The normalized spacial score (nSPS) is 10.9. The first-order chi connectivity index (χ1) is 12.9. The summed E-state index contributed by atoms with van der Waals surface area (Å²) in [7, 11) is 0.788. The molecule has 148 valence electrons. The zero-order chi connectivity index (χ0) is 21.2. The number of benzene rings is 1. The molecule has 2 rings (SSSR count). The number of ether oxygens (including phenoxy) is 1. The minimum absolute atomic E-state index is 0.0695. The van der Waals surface area contributed by atoms with Crippen LogP contribution in [0.25, 0.3) is 5.69 Å². The Hall–Kier alpha value is -3.26. The molecule has 2 aromatic rings. The smallest absolute Gasteiger partial charge is 0.431 e. The summed E-state index contributed by atoms with van der Waals surface area (Å²) in [5.74, 6) is 3.62. The van der Waals surface area contributed by atoms with E-state index in [0.29, 0.717) is 0 Å². The van der Waals surface area contributed by atoms with Crippen molar-refractivity contribution in [3.63, 3.8) is 0 Å². The molecule has 0 saturated carbocycles. The maximum Gasteiger partial charge on any atom is 0.431 e. The van der Waals surface area contributed by atoms with Gasteiger partial charge in [0.05, 0.1) is 10.7 Å². The summed E-state index contributed by atoms with van der Waals surface area (Å²) in [6.45, 7) is -0.416. The van der Waals surface area contributed by atoms with Crippen molar-refractivity contribution >= 4 is 17.7 Å². The standard InChI is InChI=1S/C16H10ClF4N3O4/c1-23-12(16(19,20)21)7-13(25)24(15(23)27)11-5-8(9(17)6-10(11)18)3-2-4-28-14(22)26/h5-7H,4H2,1H3,(H2,22,26). The number of carbonyl (C=O) groups excluding carboxylic acids is 1. The van der Waals surface area contributed by atoms with Crippen molar-refractivity contribution in [1.82, 2.24) is 9.13 Å². The molecule has 12 heteroatoms. The summed E-state index contributed by atoms with van der Waals surface area (Å²) < 4.78 is 57.8. The highest BCUT2D eigenvalue weighted by atomic mass is 35.5. The summed E-state index contributed by atoms with van der Waals surface area (Å²) >= 11 is 5.83. The van der Waals surface area contributed by atoms with Crippen LogP contribution in [0, 0.1) is 17.7 Å². The molecule has 28 heavy (non-hydrogen) atoms. The van der Waals surface area contributed by atoms with E-state index in [0.717, 1.165) is 19.2 Å². The predicted octanol–water partition coefficient (Wildman–Crippen LogP) is 1.79. The van der Waals surface area contributed by atoms with Crippen LogP contribution < -0.4 is 17.0 Å². The van der Waals surface area contributed by atoms with Gasteiger partial charge < -0.3 is 10.5 Å². The third-order valence-corrected chi connectivity index (χ3v) is 3.71. The molecule has 0 bridgehead atoms. The number of amides is 1. The number of aromatic nitrogens is 2. The first kappa shape index (κ1) is 21.0. The van der Waals surface area contributed by atoms with Gasteiger partial charge in [-0.15, -0.1) is 0 Å². The minimum atomic E-state index is -4.96. The molecule has 0 spiro atoms. The molecule has 0 aliphatic rings. The second kappa shape index (κ2) is 7.77. The van der Waals surface area contributed by atoms with Crippen molar-refractivity contribution in [2.24, 2.45) is 12.8 Å². The van der Waals surface area contributed by atoms with Gasteiger partial charge in [-0.05, 0) is 12.1 Å². The topological polar surface area (TPSA) is 96.3 Å². The van der Waals surface area contributed by atoms with Crippen LogP contribution >= 0.6 is 11.6 Å². The van der Waals surface area contributed by atoms with Gasteiger partial charge in [-0.25, -0.2) is 18.5 Å². The highest BCUT2D eigenvalue weighted by Crippen LogP contribution is 2.27. The molecule has 1 heterocycles. The van der Waals surface area contributed by atoms with Crippen molar-refractivity contribution in [3.05, 3.63) is 61.1 Å². The van der Waals surface area contributed by atoms with E-state index < -0.39 is 47.3 Å². The number of hydrogen-bond donors (Lipinski definition) is 1. The molecule has 1 aromatic heterocycles. The van der Waals surface area contributed by atoms with Gasteiger partial charge in [0.1, 0.15) is 11.5 Å². The van der Waals surface area contributed by atoms with Crippen LogP contribution in [-0.2, 0) is 18.0 Å². The Morgan fingerprint density at radius 1 is 1.29 bits per heavy atom. The van der Waals surface area contributed by atoms with Crippen molar-refractivity contribution in [3.8, 4) is 17.5 Å². The van der Waals surface area contributed by atoms with Crippen LogP contribution in [0.1, 0.15) is 11.3 Å². The fraction of sp³-hybridized carbons (Fsp3) is 0.188. The van der Waals surface area contributed by atoms with E-state index in [1.54, 1.807) is 0 Å². The Balaban J connectivity index is 2.65. The van der Waals surface area contributed by atoms with Gasteiger partial charge >= 0.3 is 18.0 Å². The van der Waals surface area contributed by atoms with Gasteiger partial charge in [0.2, 0.25) is 0 Å². The first-order valence-corrected chi connectivity index (χ1v) is 7.62. The van der Waals surface area contributed by atoms with Crippen LogP contribution in [0.3, 0.4) is 0 Å². The maximum absolute atomic E-state index is 14.3. The van der Waals surface area contributed by atoms with Crippen LogP contribution in [0.2, 0.25) is 5.02 Å². The van der Waals surface area contributed by atoms with Crippen LogP contribution in [0.4, 0.5) is 22.4 Å². The molecule has 1 aromatic carbocycles. The zero-order valence-corrected chi connectivity index (χ0v) is 14.7. The molecule has 7 nitrogen and oxygen atoms in total. The van der Waals surface area contributed by atoms with Gasteiger partial charge in [0, 0.05) is 18.7 Å². The lowest BCUT2D eigenvalue weighted by molar-refractivity contribution is -0.144. The molecule has 0 atom stereocenters. The lowest BCUT2D eigenvalue weighted by Gasteiger charge is -2.14. The van der Waals surface area contributed by atoms with E-state index in [1.165, 1.54) is 0 Å². The Labute approximate surface area is 158 Å². The van der Waals surface area contributed by atoms with Gasteiger partial charge in [-0.3, -0.25) is 9.36 Å². The third-order valence-electron chi connectivity index (χ3n) is 3.40. The van der Waals surface area contributed by atoms with Crippen molar-refractivity contribution in [2.75, 3.05) is 6.61 Å². The average Bonchev–Trinajstić information content (AvgIpc) is 2.56. The minimum Gasteiger partial charge on any atom is -0.437 e.